The molecular formula is C24H25ClN2O5S. The quantitative estimate of drug-likeness (QED) is 0.492. The number of aryl methyl sites for hydroxylation is 2. The summed E-state index contributed by atoms with van der Waals surface area (Å²) in [5.41, 5.74) is 2.48. The van der Waals surface area contributed by atoms with Crippen LogP contribution in [0.15, 0.2) is 65.6 Å². The predicted octanol–water partition coefficient (Wildman–Crippen LogP) is 4.81. The van der Waals surface area contributed by atoms with Crippen LogP contribution in [0.4, 0.5) is 11.4 Å². The summed E-state index contributed by atoms with van der Waals surface area (Å²) in [6.45, 7) is 3.27. The molecular weight excluding hydrogens is 464 g/mol. The van der Waals surface area contributed by atoms with E-state index in [2.05, 4.69) is 5.32 Å². The molecule has 0 aliphatic rings. The van der Waals surface area contributed by atoms with Gasteiger partial charge in [0, 0.05) is 12.1 Å². The van der Waals surface area contributed by atoms with Crippen LogP contribution in [-0.2, 0) is 14.8 Å². The predicted molar refractivity (Wildman–Crippen MR) is 130 cm³/mol. The highest BCUT2D eigenvalue weighted by Crippen LogP contribution is 2.36. The monoisotopic (exact) mass is 488 g/mol. The van der Waals surface area contributed by atoms with Crippen LogP contribution in [0.2, 0.25) is 5.02 Å². The van der Waals surface area contributed by atoms with E-state index >= 15 is 0 Å². The van der Waals surface area contributed by atoms with Crippen LogP contribution in [0.25, 0.3) is 0 Å². The van der Waals surface area contributed by atoms with Crippen LogP contribution < -0.4 is 19.1 Å². The van der Waals surface area contributed by atoms with E-state index in [1.165, 1.54) is 38.5 Å². The van der Waals surface area contributed by atoms with Crippen molar-refractivity contribution in [2.75, 3.05) is 30.4 Å². The second kappa shape index (κ2) is 10.1. The standard InChI is InChI=1S/C24H25ClN2O5S/c1-16-8-10-19(11-9-16)33(29,30)27(18-7-5-6-17(2)12-18)15-24(28)26-21-14-22(31-3)20(25)13-23(21)32-4/h5-14H,15H2,1-4H3,(H,26,28). The zero-order chi connectivity index (χ0) is 24.2. The lowest BCUT2D eigenvalue weighted by molar-refractivity contribution is -0.114. The van der Waals surface area contributed by atoms with Gasteiger partial charge in [0.2, 0.25) is 5.91 Å². The van der Waals surface area contributed by atoms with Gasteiger partial charge >= 0.3 is 0 Å². The molecule has 0 atom stereocenters. The molecule has 0 bridgehead atoms. The molecule has 1 amide bonds. The zero-order valence-electron chi connectivity index (χ0n) is 18.8. The Morgan fingerprint density at radius 2 is 1.61 bits per heavy atom. The molecule has 1 N–H and O–H groups in total. The van der Waals surface area contributed by atoms with Crippen LogP contribution in [0.1, 0.15) is 11.1 Å². The van der Waals surface area contributed by atoms with Crippen molar-refractivity contribution in [3.63, 3.8) is 0 Å². The Balaban J connectivity index is 1.98. The van der Waals surface area contributed by atoms with Gasteiger partial charge in [-0.15, -0.1) is 0 Å². The lowest BCUT2D eigenvalue weighted by Crippen LogP contribution is -2.38. The van der Waals surface area contributed by atoms with Crippen molar-refractivity contribution in [2.24, 2.45) is 0 Å². The zero-order valence-corrected chi connectivity index (χ0v) is 20.3. The molecule has 0 heterocycles. The van der Waals surface area contributed by atoms with Gasteiger partial charge in [-0.3, -0.25) is 9.10 Å². The molecule has 3 aromatic rings. The molecule has 9 heteroatoms. The SMILES string of the molecule is COc1cc(NC(=O)CN(c2cccc(C)c2)S(=O)(=O)c2ccc(C)cc2)c(OC)cc1Cl. The molecule has 0 saturated heterocycles. The third-order valence-electron chi connectivity index (χ3n) is 4.93. The lowest BCUT2D eigenvalue weighted by atomic mass is 10.2. The summed E-state index contributed by atoms with van der Waals surface area (Å²) in [6.07, 6.45) is 0. The number of nitrogens with zero attached hydrogens (tertiary/aromatic N) is 1. The number of ether oxygens (including phenoxy) is 2. The molecule has 0 spiro atoms. The van der Waals surface area contributed by atoms with Crippen LogP contribution in [0.5, 0.6) is 11.5 Å². The first kappa shape index (κ1) is 24.4. The summed E-state index contributed by atoms with van der Waals surface area (Å²) in [7, 11) is -1.12. The van der Waals surface area contributed by atoms with Crippen molar-refractivity contribution in [3.8, 4) is 11.5 Å². The molecule has 7 nitrogen and oxygen atoms in total. The van der Waals surface area contributed by atoms with Gasteiger partial charge in [0.25, 0.3) is 10.0 Å². The topological polar surface area (TPSA) is 84.9 Å². The molecule has 3 rings (SSSR count). The Morgan fingerprint density at radius 3 is 2.21 bits per heavy atom. The van der Waals surface area contributed by atoms with E-state index in [0.717, 1.165) is 15.4 Å². The van der Waals surface area contributed by atoms with E-state index in [-0.39, 0.29) is 4.90 Å². The minimum absolute atomic E-state index is 0.0909. The summed E-state index contributed by atoms with van der Waals surface area (Å²) >= 11 is 6.13. The average molecular weight is 489 g/mol. The normalized spacial score (nSPS) is 11.1. The van der Waals surface area contributed by atoms with Crippen LogP contribution in [-0.4, -0.2) is 35.1 Å². The highest BCUT2D eigenvalue weighted by molar-refractivity contribution is 7.92. The van der Waals surface area contributed by atoms with E-state index in [9.17, 15) is 13.2 Å². The van der Waals surface area contributed by atoms with Crippen molar-refractivity contribution >= 4 is 38.9 Å². The minimum Gasteiger partial charge on any atom is -0.495 e. The number of methoxy groups -OCH3 is 2. The summed E-state index contributed by atoms with van der Waals surface area (Å²) in [6, 6.07) is 16.5. The molecule has 0 unspecified atom stereocenters. The number of sulfonamides is 1. The number of amides is 1. The lowest BCUT2D eigenvalue weighted by Gasteiger charge is -2.25. The summed E-state index contributed by atoms with van der Waals surface area (Å²) in [5.74, 6) is 0.100. The first-order valence-electron chi connectivity index (χ1n) is 10.0. The number of benzene rings is 3. The number of nitrogens with one attached hydrogen (secondary N) is 1. The molecule has 0 aromatic heterocycles. The van der Waals surface area contributed by atoms with Crippen LogP contribution >= 0.6 is 11.6 Å². The molecule has 3 aromatic carbocycles. The van der Waals surface area contributed by atoms with E-state index in [1.807, 2.05) is 19.9 Å². The van der Waals surface area contributed by atoms with Gasteiger partial charge in [0.05, 0.1) is 35.5 Å². The largest absolute Gasteiger partial charge is 0.495 e. The van der Waals surface area contributed by atoms with Crippen LogP contribution in [0.3, 0.4) is 0 Å². The highest BCUT2D eigenvalue weighted by Gasteiger charge is 2.28. The number of carbonyl (C=O) groups excluding carboxylic acids is 1. The fraction of sp³-hybridized carbons (Fsp3) is 0.208. The number of hydrogen-bond acceptors (Lipinski definition) is 5. The first-order valence-corrected chi connectivity index (χ1v) is 11.8. The Morgan fingerprint density at radius 1 is 0.939 bits per heavy atom. The van der Waals surface area contributed by atoms with Crippen molar-refractivity contribution in [3.05, 3.63) is 76.8 Å². The third kappa shape index (κ3) is 5.58. The van der Waals surface area contributed by atoms with Gasteiger partial charge in [-0.1, -0.05) is 41.4 Å². The number of anilines is 2. The van der Waals surface area contributed by atoms with Crippen molar-refractivity contribution < 1.29 is 22.7 Å². The third-order valence-corrected chi connectivity index (χ3v) is 7.02. The first-order chi connectivity index (χ1) is 15.6. The van der Waals surface area contributed by atoms with E-state index in [1.54, 1.807) is 30.3 Å². The summed E-state index contributed by atoms with van der Waals surface area (Å²) in [4.78, 5) is 13.1. The molecule has 33 heavy (non-hydrogen) atoms. The van der Waals surface area contributed by atoms with Gasteiger partial charge in [0.1, 0.15) is 18.0 Å². The maximum Gasteiger partial charge on any atom is 0.264 e. The van der Waals surface area contributed by atoms with Gasteiger partial charge in [-0.05, 0) is 43.7 Å². The number of hydrogen-bond donors (Lipinski definition) is 1. The Hall–Kier alpha value is -3.23. The second-order valence-electron chi connectivity index (χ2n) is 7.40. The smallest absolute Gasteiger partial charge is 0.264 e. The Kier molecular flexibility index (Phi) is 7.50. The Bertz CT molecular complexity index is 1260. The molecule has 0 saturated carbocycles. The summed E-state index contributed by atoms with van der Waals surface area (Å²) < 4.78 is 38.6. The molecule has 0 radical (unpaired) electrons. The number of carbonyl (C=O) groups is 1. The van der Waals surface area contributed by atoms with E-state index in [0.29, 0.717) is 27.9 Å². The average Bonchev–Trinajstić information content (AvgIpc) is 2.78. The molecule has 0 aliphatic heterocycles. The van der Waals surface area contributed by atoms with Crippen molar-refractivity contribution in [1.29, 1.82) is 0 Å². The second-order valence-corrected chi connectivity index (χ2v) is 9.67. The Labute approximate surface area is 198 Å². The molecule has 0 aliphatic carbocycles. The fourth-order valence-electron chi connectivity index (χ4n) is 3.21. The number of rotatable bonds is 8. The van der Waals surface area contributed by atoms with Gasteiger partial charge < -0.3 is 14.8 Å². The van der Waals surface area contributed by atoms with Gasteiger partial charge in [0.15, 0.2) is 0 Å². The maximum absolute atomic E-state index is 13.5. The van der Waals surface area contributed by atoms with E-state index in [4.69, 9.17) is 21.1 Å². The highest BCUT2D eigenvalue weighted by atomic mass is 35.5. The van der Waals surface area contributed by atoms with Gasteiger partial charge in [-0.25, -0.2) is 8.42 Å². The van der Waals surface area contributed by atoms with E-state index < -0.39 is 22.5 Å². The number of halogens is 1. The molecule has 174 valence electrons. The minimum atomic E-state index is -4.01. The molecule has 0 fully saturated rings. The summed E-state index contributed by atoms with van der Waals surface area (Å²) in [5, 5.41) is 3.02. The van der Waals surface area contributed by atoms with Crippen LogP contribution in [0, 0.1) is 13.8 Å². The fourth-order valence-corrected chi connectivity index (χ4v) is 4.86. The maximum atomic E-state index is 13.5. The van der Waals surface area contributed by atoms with Crippen molar-refractivity contribution in [1.82, 2.24) is 0 Å². The van der Waals surface area contributed by atoms with Gasteiger partial charge in [-0.2, -0.15) is 0 Å². The van der Waals surface area contributed by atoms with Crippen molar-refractivity contribution in [2.45, 2.75) is 18.7 Å².